The minimum absolute atomic E-state index is 0.0997. The van der Waals surface area contributed by atoms with E-state index in [0.717, 1.165) is 29.1 Å². The summed E-state index contributed by atoms with van der Waals surface area (Å²) in [6.07, 6.45) is 0.808. The van der Waals surface area contributed by atoms with Gasteiger partial charge in [-0.25, -0.2) is 9.78 Å². The maximum atomic E-state index is 11.5. The van der Waals surface area contributed by atoms with Gasteiger partial charge in [0.15, 0.2) is 0 Å². The summed E-state index contributed by atoms with van der Waals surface area (Å²) in [5.74, 6) is 0. The van der Waals surface area contributed by atoms with Crippen LogP contribution in [0.4, 0.5) is 4.79 Å². The second kappa shape index (κ2) is 5.35. The normalized spacial score (nSPS) is 28.5. The van der Waals surface area contributed by atoms with Crippen LogP contribution in [0.5, 0.6) is 0 Å². The standard InChI is InChI=1S/C17H16Cl2N2O2S/c1-10-7-24-14(20-10)17-8-16(17,4-5-21(9-17)15(22)23)11-2-3-12(18)13(19)6-11/h2-3,6-7H,4-5,8-9H2,1H3,(H,22,23)/t16-,17+/m0/s1. The van der Waals surface area contributed by atoms with Gasteiger partial charge >= 0.3 is 6.09 Å². The fraction of sp³-hybridized carbons (Fsp3) is 0.412. The molecule has 0 spiro atoms. The van der Waals surface area contributed by atoms with Gasteiger partial charge in [0.25, 0.3) is 0 Å². The van der Waals surface area contributed by atoms with Crippen LogP contribution in [0.1, 0.15) is 29.1 Å². The number of aromatic nitrogens is 1. The minimum atomic E-state index is -0.864. The van der Waals surface area contributed by atoms with Crippen molar-refractivity contribution in [1.29, 1.82) is 0 Å². The Morgan fingerprint density at radius 3 is 2.75 bits per heavy atom. The molecule has 0 bridgehead atoms. The lowest BCUT2D eigenvalue weighted by Gasteiger charge is -2.36. The number of aryl methyl sites for hydroxylation is 1. The lowest BCUT2D eigenvalue weighted by molar-refractivity contribution is 0.125. The predicted octanol–water partition coefficient (Wildman–Crippen LogP) is 4.72. The van der Waals surface area contributed by atoms with E-state index < -0.39 is 6.09 Å². The molecule has 1 aliphatic heterocycles. The number of fused-ring (bicyclic) bond motifs is 1. The molecule has 1 aromatic heterocycles. The minimum Gasteiger partial charge on any atom is -0.465 e. The third kappa shape index (κ3) is 2.18. The summed E-state index contributed by atoms with van der Waals surface area (Å²) in [4.78, 5) is 17.7. The topological polar surface area (TPSA) is 53.4 Å². The number of carbonyl (C=O) groups is 1. The molecule has 24 heavy (non-hydrogen) atoms. The summed E-state index contributed by atoms with van der Waals surface area (Å²) < 4.78 is 0. The van der Waals surface area contributed by atoms with Gasteiger partial charge in [0.05, 0.1) is 15.5 Å². The van der Waals surface area contributed by atoms with Crippen molar-refractivity contribution >= 4 is 40.6 Å². The van der Waals surface area contributed by atoms with E-state index in [1.54, 1.807) is 11.3 Å². The average molecular weight is 383 g/mol. The molecule has 1 aliphatic carbocycles. The van der Waals surface area contributed by atoms with E-state index in [2.05, 4.69) is 0 Å². The molecule has 2 fully saturated rings. The molecule has 4 nitrogen and oxygen atoms in total. The summed E-state index contributed by atoms with van der Waals surface area (Å²) in [5, 5.41) is 13.6. The molecule has 126 valence electrons. The van der Waals surface area contributed by atoms with Crippen LogP contribution in [-0.2, 0) is 10.8 Å². The van der Waals surface area contributed by atoms with Crippen molar-refractivity contribution < 1.29 is 9.90 Å². The van der Waals surface area contributed by atoms with Crippen LogP contribution in [0.2, 0.25) is 10.0 Å². The molecular weight excluding hydrogens is 367 g/mol. The Morgan fingerprint density at radius 2 is 2.12 bits per heavy atom. The van der Waals surface area contributed by atoms with Crippen LogP contribution in [0, 0.1) is 6.92 Å². The number of rotatable bonds is 2. The third-order valence-corrected chi connectivity index (χ3v) is 7.34. The predicted molar refractivity (Wildman–Crippen MR) is 95.5 cm³/mol. The van der Waals surface area contributed by atoms with E-state index in [9.17, 15) is 9.90 Å². The fourth-order valence-electron chi connectivity index (χ4n) is 4.14. The first-order valence-electron chi connectivity index (χ1n) is 7.74. The maximum Gasteiger partial charge on any atom is 0.407 e. The van der Waals surface area contributed by atoms with E-state index in [4.69, 9.17) is 28.2 Å². The van der Waals surface area contributed by atoms with Gasteiger partial charge in [0, 0.05) is 29.6 Å². The first-order chi connectivity index (χ1) is 11.4. The van der Waals surface area contributed by atoms with Gasteiger partial charge in [0.1, 0.15) is 5.01 Å². The molecule has 2 aromatic rings. The molecule has 1 saturated carbocycles. The van der Waals surface area contributed by atoms with Crippen molar-refractivity contribution in [1.82, 2.24) is 9.88 Å². The molecule has 1 saturated heterocycles. The largest absolute Gasteiger partial charge is 0.465 e. The highest BCUT2D eigenvalue weighted by atomic mass is 35.5. The summed E-state index contributed by atoms with van der Waals surface area (Å²) in [6, 6.07) is 5.78. The number of hydrogen-bond acceptors (Lipinski definition) is 3. The van der Waals surface area contributed by atoms with Gasteiger partial charge in [-0.3, -0.25) is 0 Å². The Hall–Kier alpha value is -1.30. The lowest BCUT2D eigenvalue weighted by Crippen LogP contribution is -2.46. The van der Waals surface area contributed by atoms with E-state index in [1.165, 1.54) is 4.90 Å². The Morgan fingerprint density at radius 1 is 1.33 bits per heavy atom. The van der Waals surface area contributed by atoms with E-state index in [-0.39, 0.29) is 10.8 Å². The molecule has 2 atom stereocenters. The number of amides is 1. The van der Waals surface area contributed by atoms with E-state index >= 15 is 0 Å². The third-order valence-electron chi connectivity index (χ3n) is 5.43. The van der Waals surface area contributed by atoms with E-state index in [1.807, 2.05) is 30.5 Å². The molecule has 1 N–H and O–H groups in total. The number of nitrogens with zero attached hydrogens (tertiary/aromatic N) is 2. The zero-order valence-electron chi connectivity index (χ0n) is 13.1. The quantitative estimate of drug-likeness (QED) is 0.816. The Balaban J connectivity index is 1.80. The lowest BCUT2D eigenvalue weighted by atomic mass is 9.80. The summed E-state index contributed by atoms with van der Waals surface area (Å²) in [7, 11) is 0. The SMILES string of the molecule is Cc1csc([C@@]23CN(C(=O)O)CC[C@@]2(c2ccc(Cl)c(Cl)c2)C3)n1. The highest BCUT2D eigenvalue weighted by Crippen LogP contribution is 2.70. The molecule has 1 aromatic carbocycles. The molecule has 2 heterocycles. The van der Waals surface area contributed by atoms with Gasteiger partial charge in [-0.2, -0.15) is 0 Å². The Bertz CT molecular complexity index is 840. The van der Waals surface area contributed by atoms with Crippen molar-refractivity contribution in [3.05, 3.63) is 49.9 Å². The van der Waals surface area contributed by atoms with Crippen molar-refractivity contribution in [2.45, 2.75) is 30.6 Å². The van der Waals surface area contributed by atoms with Crippen LogP contribution in [0.3, 0.4) is 0 Å². The van der Waals surface area contributed by atoms with Crippen molar-refractivity contribution in [2.24, 2.45) is 0 Å². The molecule has 0 unspecified atom stereocenters. The van der Waals surface area contributed by atoms with Gasteiger partial charge in [0.2, 0.25) is 0 Å². The van der Waals surface area contributed by atoms with Crippen LogP contribution in [-0.4, -0.2) is 34.2 Å². The highest BCUT2D eigenvalue weighted by molar-refractivity contribution is 7.09. The number of benzene rings is 1. The van der Waals surface area contributed by atoms with Crippen LogP contribution in [0.25, 0.3) is 0 Å². The van der Waals surface area contributed by atoms with Crippen LogP contribution in [0.15, 0.2) is 23.6 Å². The molecule has 7 heteroatoms. The molecule has 2 aliphatic rings. The summed E-state index contributed by atoms with van der Waals surface area (Å²) >= 11 is 13.9. The number of thiazole rings is 1. The number of hydrogen-bond donors (Lipinski definition) is 1. The average Bonchev–Trinajstić information content (AvgIpc) is 3.06. The number of likely N-dealkylation sites (tertiary alicyclic amines) is 1. The van der Waals surface area contributed by atoms with E-state index in [0.29, 0.717) is 23.1 Å². The smallest absolute Gasteiger partial charge is 0.407 e. The molecule has 0 radical (unpaired) electrons. The number of piperidine rings is 1. The van der Waals surface area contributed by atoms with Crippen molar-refractivity contribution in [2.75, 3.05) is 13.1 Å². The van der Waals surface area contributed by atoms with Crippen LogP contribution >= 0.6 is 34.5 Å². The zero-order chi connectivity index (χ0) is 17.1. The van der Waals surface area contributed by atoms with Crippen molar-refractivity contribution in [3.8, 4) is 0 Å². The fourth-order valence-corrected chi connectivity index (χ4v) is 5.53. The summed E-state index contributed by atoms with van der Waals surface area (Å²) in [6.45, 7) is 2.98. The zero-order valence-corrected chi connectivity index (χ0v) is 15.4. The Labute approximate surface area is 154 Å². The first kappa shape index (κ1) is 16.2. The second-order valence-corrected chi connectivity index (χ2v) is 8.39. The Kier molecular flexibility index (Phi) is 3.61. The second-order valence-electron chi connectivity index (χ2n) is 6.72. The molecular formula is C17H16Cl2N2O2S. The highest BCUT2D eigenvalue weighted by Gasteiger charge is 2.72. The van der Waals surface area contributed by atoms with Crippen LogP contribution < -0.4 is 0 Å². The van der Waals surface area contributed by atoms with Gasteiger partial charge in [-0.1, -0.05) is 29.3 Å². The summed E-state index contributed by atoms with van der Waals surface area (Å²) in [5.41, 5.74) is 1.76. The first-order valence-corrected chi connectivity index (χ1v) is 9.38. The maximum absolute atomic E-state index is 11.5. The number of carboxylic acid groups (broad SMARTS) is 1. The van der Waals surface area contributed by atoms with Gasteiger partial charge in [-0.05, 0) is 37.5 Å². The van der Waals surface area contributed by atoms with Crippen molar-refractivity contribution in [3.63, 3.8) is 0 Å². The van der Waals surface area contributed by atoms with Gasteiger partial charge in [-0.15, -0.1) is 11.3 Å². The molecule has 1 amide bonds. The van der Waals surface area contributed by atoms with Gasteiger partial charge < -0.3 is 10.0 Å². The number of halogens is 2. The molecule has 4 rings (SSSR count). The monoisotopic (exact) mass is 382 g/mol.